The zero-order chi connectivity index (χ0) is 23.4. The molecule has 1 amide bonds. The van der Waals surface area contributed by atoms with Crippen LogP contribution >= 0.6 is 11.6 Å². The van der Waals surface area contributed by atoms with E-state index in [4.69, 9.17) is 16.3 Å². The lowest BCUT2D eigenvalue weighted by Crippen LogP contribution is -2.44. The lowest BCUT2D eigenvalue weighted by atomic mass is 10.2. The number of pyridine rings is 1. The predicted octanol–water partition coefficient (Wildman–Crippen LogP) is 1.19. The average molecular weight is 474 g/mol. The molecule has 12 heteroatoms. The summed E-state index contributed by atoms with van der Waals surface area (Å²) in [6.07, 6.45) is 1.58. The number of hydrogen-bond donors (Lipinski definition) is 3. The quantitative estimate of drug-likeness (QED) is 0.434. The van der Waals surface area contributed by atoms with Crippen molar-refractivity contribution in [2.75, 3.05) is 50.1 Å². The number of piperazine rings is 1. The van der Waals surface area contributed by atoms with Crippen LogP contribution in [0.3, 0.4) is 0 Å². The number of rotatable bonds is 7. The van der Waals surface area contributed by atoms with E-state index in [2.05, 4.69) is 35.8 Å². The van der Waals surface area contributed by atoms with Crippen molar-refractivity contribution in [3.8, 4) is 5.75 Å². The van der Waals surface area contributed by atoms with Crippen LogP contribution in [0.5, 0.6) is 5.75 Å². The van der Waals surface area contributed by atoms with Crippen molar-refractivity contribution in [3.05, 3.63) is 45.8 Å². The number of hydroxylamine groups is 1. The van der Waals surface area contributed by atoms with E-state index in [0.717, 1.165) is 37.3 Å². The Balaban J connectivity index is 1.60. The van der Waals surface area contributed by atoms with Crippen molar-refractivity contribution in [1.29, 1.82) is 0 Å². The summed E-state index contributed by atoms with van der Waals surface area (Å²) in [5, 5.41) is 7.65. The van der Waals surface area contributed by atoms with Crippen LogP contribution in [0.4, 0.5) is 17.5 Å². The van der Waals surface area contributed by atoms with Gasteiger partial charge in [-0.05, 0) is 24.3 Å². The highest BCUT2D eigenvalue weighted by molar-refractivity contribution is 6.32. The Morgan fingerprint density at radius 3 is 2.82 bits per heavy atom. The van der Waals surface area contributed by atoms with Crippen molar-refractivity contribution >= 4 is 45.9 Å². The van der Waals surface area contributed by atoms with E-state index in [1.165, 1.54) is 11.7 Å². The van der Waals surface area contributed by atoms with Gasteiger partial charge in [-0.15, -0.1) is 0 Å². The van der Waals surface area contributed by atoms with Gasteiger partial charge in [0.15, 0.2) is 18.2 Å². The summed E-state index contributed by atoms with van der Waals surface area (Å²) >= 11 is 6.34. The Hall–Kier alpha value is -3.41. The highest BCUT2D eigenvalue weighted by Gasteiger charge is 2.16. The van der Waals surface area contributed by atoms with Gasteiger partial charge in [-0.1, -0.05) is 11.6 Å². The van der Waals surface area contributed by atoms with Crippen LogP contribution in [0.1, 0.15) is 0 Å². The van der Waals surface area contributed by atoms with Crippen LogP contribution in [0.25, 0.3) is 10.9 Å². The van der Waals surface area contributed by atoms with Crippen LogP contribution in [0, 0.1) is 0 Å². The maximum atomic E-state index is 12.6. The number of carbonyl (C=O) groups excluding carboxylic acids is 1. The third-order valence-corrected chi connectivity index (χ3v) is 5.44. The molecule has 2 aromatic heterocycles. The van der Waals surface area contributed by atoms with Crippen LogP contribution in [0.2, 0.25) is 5.02 Å². The Bertz CT molecular complexity index is 1230. The zero-order valence-corrected chi connectivity index (χ0v) is 19.0. The SMILES string of the molecule is CONC(=O)COc1cc2cc(Nc3nc(N4CCNCC4)ncc3Cl)ccc2n(C)c1=O. The van der Waals surface area contributed by atoms with Gasteiger partial charge in [0.25, 0.3) is 11.5 Å². The van der Waals surface area contributed by atoms with Crippen molar-refractivity contribution in [2.45, 2.75) is 0 Å². The van der Waals surface area contributed by atoms with Gasteiger partial charge >= 0.3 is 0 Å². The number of benzene rings is 1. The van der Waals surface area contributed by atoms with E-state index in [1.54, 1.807) is 19.3 Å². The lowest BCUT2D eigenvalue weighted by molar-refractivity contribution is -0.133. The van der Waals surface area contributed by atoms with Gasteiger partial charge in [-0.2, -0.15) is 4.98 Å². The summed E-state index contributed by atoms with van der Waals surface area (Å²) in [5.74, 6) is 0.636. The van der Waals surface area contributed by atoms with Crippen LogP contribution < -0.4 is 31.3 Å². The minimum absolute atomic E-state index is 0.0504. The normalized spacial score (nSPS) is 13.7. The second-order valence-electron chi connectivity index (χ2n) is 7.39. The Labute approximate surface area is 194 Å². The summed E-state index contributed by atoms with van der Waals surface area (Å²) in [6.45, 7) is 3.02. The molecule has 4 rings (SSSR count). The molecule has 1 saturated heterocycles. The number of nitrogens with one attached hydrogen (secondary N) is 3. The molecule has 0 saturated carbocycles. The number of nitrogens with zero attached hydrogens (tertiary/aromatic N) is 4. The van der Waals surface area contributed by atoms with Gasteiger partial charge in [-0.3, -0.25) is 14.4 Å². The summed E-state index contributed by atoms with van der Waals surface area (Å²) in [6, 6.07) is 7.08. The topological polar surface area (TPSA) is 123 Å². The molecule has 0 bridgehead atoms. The first kappa shape index (κ1) is 22.8. The van der Waals surface area contributed by atoms with Gasteiger partial charge in [0, 0.05) is 44.3 Å². The number of amides is 1. The second-order valence-corrected chi connectivity index (χ2v) is 7.80. The van der Waals surface area contributed by atoms with E-state index < -0.39 is 5.91 Å². The summed E-state index contributed by atoms with van der Waals surface area (Å²) < 4.78 is 6.86. The van der Waals surface area contributed by atoms with Gasteiger partial charge in [-0.25, -0.2) is 10.5 Å². The van der Waals surface area contributed by atoms with Crippen LogP contribution in [0.15, 0.2) is 35.3 Å². The maximum Gasteiger partial charge on any atom is 0.293 e. The third kappa shape index (κ3) is 5.16. The monoisotopic (exact) mass is 473 g/mol. The highest BCUT2D eigenvalue weighted by Crippen LogP contribution is 2.27. The number of halogens is 1. The highest BCUT2D eigenvalue weighted by atomic mass is 35.5. The van der Waals surface area contributed by atoms with E-state index >= 15 is 0 Å². The molecule has 1 fully saturated rings. The Kier molecular flexibility index (Phi) is 6.92. The van der Waals surface area contributed by atoms with Gasteiger partial charge < -0.3 is 24.8 Å². The molecular weight excluding hydrogens is 450 g/mol. The molecule has 3 heterocycles. The molecule has 0 spiro atoms. The molecule has 1 aromatic carbocycles. The maximum absolute atomic E-state index is 12.6. The molecule has 0 radical (unpaired) electrons. The first-order valence-electron chi connectivity index (χ1n) is 10.3. The summed E-state index contributed by atoms with van der Waals surface area (Å²) in [5.41, 5.74) is 3.21. The van der Waals surface area contributed by atoms with E-state index in [0.29, 0.717) is 22.3 Å². The van der Waals surface area contributed by atoms with E-state index in [-0.39, 0.29) is 17.9 Å². The summed E-state index contributed by atoms with van der Waals surface area (Å²) in [4.78, 5) is 39.8. The number of ether oxygens (including phenoxy) is 1. The van der Waals surface area contributed by atoms with Crippen LogP contribution in [-0.2, 0) is 16.7 Å². The first-order chi connectivity index (χ1) is 16.0. The molecule has 3 N–H and O–H groups in total. The standard InChI is InChI=1S/C21H24ClN7O4/c1-28-16-4-3-14(9-13(16)10-17(20(28)31)33-12-18(30)27-32-2)25-19-15(22)11-24-21(26-19)29-7-5-23-6-8-29/h3-4,9-11,23H,5-8,12H2,1-2H3,(H,27,30)(H,24,25,26). The molecule has 1 aliphatic heterocycles. The second kappa shape index (κ2) is 10.0. The summed E-state index contributed by atoms with van der Waals surface area (Å²) in [7, 11) is 2.96. The minimum Gasteiger partial charge on any atom is -0.478 e. The van der Waals surface area contributed by atoms with Crippen LogP contribution in [-0.4, -0.2) is 60.3 Å². The fourth-order valence-corrected chi connectivity index (χ4v) is 3.66. The number of aromatic nitrogens is 3. The smallest absolute Gasteiger partial charge is 0.293 e. The minimum atomic E-state index is -0.506. The van der Waals surface area contributed by atoms with Gasteiger partial charge in [0.1, 0.15) is 5.02 Å². The molecule has 0 unspecified atom stereocenters. The Morgan fingerprint density at radius 1 is 1.27 bits per heavy atom. The lowest BCUT2D eigenvalue weighted by Gasteiger charge is -2.27. The first-order valence-corrected chi connectivity index (χ1v) is 10.7. The van der Waals surface area contributed by atoms with Crippen molar-refractivity contribution in [2.24, 2.45) is 7.05 Å². The van der Waals surface area contributed by atoms with E-state index in [1.807, 2.05) is 18.2 Å². The number of fused-ring (bicyclic) bond motifs is 1. The van der Waals surface area contributed by atoms with Crippen molar-refractivity contribution in [1.82, 2.24) is 25.3 Å². The van der Waals surface area contributed by atoms with Crippen molar-refractivity contribution < 1.29 is 14.4 Å². The predicted molar refractivity (Wildman–Crippen MR) is 125 cm³/mol. The fourth-order valence-electron chi connectivity index (χ4n) is 3.52. The Morgan fingerprint density at radius 2 is 2.06 bits per heavy atom. The largest absolute Gasteiger partial charge is 0.478 e. The number of anilines is 3. The number of carbonyl (C=O) groups is 1. The van der Waals surface area contributed by atoms with Crippen molar-refractivity contribution in [3.63, 3.8) is 0 Å². The molecule has 0 atom stereocenters. The van der Waals surface area contributed by atoms with Gasteiger partial charge in [0.05, 0.1) is 18.8 Å². The third-order valence-electron chi connectivity index (χ3n) is 5.16. The molecule has 3 aromatic rings. The number of aryl methyl sites for hydroxylation is 1. The van der Waals surface area contributed by atoms with Gasteiger partial charge in [0.2, 0.25) is 5.95 Å². The average Bonchev–Trinajstić information content (AvgIpc) is 2.82. The zero-order valence-electron chi connectivity index (χ0n) is 18.2. The molecule has 0 aliphatic carbocycles. The number of hydrogen-bond acceptors (Lipinski definition) is 9. The molecule has 174 valence electrons. The molecule has 33 heavy (non-hydrogen) atoms. The van der Waals surface area contributed by atoms with E-state index in [9.17, 15) is 9.59 Å². The molecule has 1 aliphatic rings. The molecule has 11 nitrogen and oxygen atoms in total. The molecular formula is C21H24ClN7O4. The fraction of sp³-hybridized carbons (Fsp3) is 0.333.